The van der Waals surface area contributed by atoms with E-state index >= 15 is 0 Å². The summed E-state index contributed by atoms with van der Waals surface area (Å²) >= 11 is 1.95. The number of rotatable bonds is 4. The van der Waals surface area contributed by atoms with Crippen LogP contribution in [0.4, 0.5) is 0 Å². The molecule has 2 heteroatoms. The highest BCUT2D eigenvalue weighted by Crippen LogP contribution is 2.34. The Balaban J connectivity index is 1.57. The lowest BCUT2D eigenvalue weighted by Gasteiger charge is -2.22. The van der Waals surface area contributed by atoms with Crippen molar-refractivity contribution >= 4 is 11.3 Å². The van der Waals surface area contributed by atoms with Crippen molar-refractivity contribution in [1.29, 1.82) is 0 Å². The average Bonchev–Trinajstić information content (AvgIpc) is 2.95. The van der Waals surface area contributed by atoms with Crippen LogP contribution < -0.4 is 5.32 Å². The van der Waals surface area contributed by atoms with E-state index in [1.54, 1.807) is 10.4 Å². The Labute approximate surface area is 95.9 Å². The predicted molar refractivity (Wildman–Crippen MR) is 65.6 cm³/mol. The molecule has 0 radical (unpaired) electrons. The van der Waals surface area contributed by atoms with Gasteiger partial charge in [0.05, 0.1) is 0 Å². The largest absolute Gasteiger partial charge is 0.316 e. The monoisotopic (exact) mass is 221 g/mol. The molecule has 2 aliphatic rings. The number of hydrogen-bond donors (Lipinski definition) is 1. The van der Waals surface area contributed by atoms with Crippen LogP contribution in [0.25, 0.3) is 0 Å². The molecule has 0 aliphatic heterocycles. The highest BCUT2D eigenvalue weighted by Gasteiger charge is 2.23. The van der Waals surface area contributed by atoms with E-state index < -0.39 is 0 Å². The van der Waals surface area contributed by atoms with Crippen LogP contribution in [0.3, 0.4) is 0 Å². The molecule has 1 aromatic heterocycles. The maximum absolute atomic E-state index is 3.65. The Morgan fingerprint density at radius 1 is 1.27 bits per heavy atom. The van der Waals surface area contributed by atoms with Gasteiger partial charge in [-0.1, -0.05) is 0 Å². The van der Waals surface area contributed by atoms with Crippen molar-refractivity contribution in [3.8, 4) is 0 Å². The zero-order valence-corrected chi connectivity index (χ0v) is 9.98. The fraction of sp³-hybridized carbons (Fsp3) is 0.692. The van der Waals surface area contributed by atoms with Gasteiger partial charge in [0.25, 0.3) is 0 Å². The minimum Gasteiger partial charge on any atom is -0.316 e. The summed E-state index contributed by atoms with van der Waals surface area (Å²) in [4.78, 5) is 1.65. The second-order valence-corrected chi connectivity index (χ2v) is 5.99. The van der Waals surface area contributed by atoms with Crippen molar-refractivity contribution in [2.45, 2.75) is 38.0 Å². The highest BCUT2D eigenvalue weighted by atomic mass is 32.1. The summed E-state index contributed by atoms with van der Waals surface area (Å²) in [5, 5.41) is 5.92. The fourth-order valence-electron chi connectivity index (χ4n) is 2.58. The first-order chi connectivity index (χ1) is 7.43. The Kier molecular flexibility index (Phi) is 2.80. The van der Waals surface area contributed by atoms with Gasteiger partial charge in [0.2, 0.25) is 0 Å². The quantitative estimate of drug-likeness (QED) is 0.823. The average molecular weight is 221 g/mol. The highest BCUT2D eigenvalue weighted by molar-refractivity contribution is 7.10. The lowest BCUT2D eigenvalue weighted by atomic mass is 9.88. The molecule has 15 heavy (non-hydrogen) atoms. The summed E-state index contributed by atoms with van der Waals surface area (Å²) in [7, 11) is 0. The van der Waals surface area contributed by atoms with Gasteiger partial charge < -0.3 is 5.32 Å². The van der Waals surface area contributed by atoms with E-state index in [1.165, 1.54) is 45.2 Å². The van der Waals surface area contributed by atoms with Crippen molar-refractivity contribution < 1.29 is 0 Å². The van der Waals surface area contributed by atoms with Gasteiger partial charge in [-0.15, -0.1) is 11.3 Å². The van der Waals surface area contributed by atoms with E-state index in [9.17, 15) is 0 Å². The molecule has 82 valence electrons. The smallest absolute Gasteiger partial charge is 0.00805 e. The molecule has 0 aromatic carbocycles. The van der Waals surface area contributed by atoms with Gasteiger partial charge in [0.1, 0.15) is 0 Å². The molecule has 0 saturated heterocycles. The van der Waals surface area contributed by atoms with Crippen molar-refractivity contribution in [3.05, 3.63) is 21.9 Å². The van der Waals surface area contributed by atoms with Crippen molar-refractivity contribution in [1.82, 2.24) is 5.32 Å². The Hall–Kier alpha value is -0.340. The van der Waals surface area contributed by atoms with Crippen LogP contribution in [-0.2, 0) is 6.42 Å². The van der Waals surface area contributed by atoms with Crippen LogP contribution in [0, 0.1) is 5.92 Å². The molecule has 2 aliphatic carbocycles. The summed E-state index contributed by atoms with van der Waals surface area (Å²) in [5.41, 5.74) is 1.65. The zero-order chi connectivity index (χ0) is 10.1. The number of aryl methyl sites for hydroxylation is 1. The van der Waals surface area contributed by atoms with Crippen LogP contribution in [0.15, 0.2) is 11.4 Å². The molecular weight excluding hydrogens is 202 g/mol. The summed E-state index contributed by atoms with van der Waals surface area (Å²) in [6.07, 6.45) is 7.03. The Morgan fingerprint density at radius 2 is 2.20 bits per heavy atom. The van der Waals surface area contributed by atoms with Gasteiger partial charge in [-0.25, -0.2) is 0 Å². The van der Waals surface area contributed by atoms with Crippen molar-refractivity contribution in [2.24, 2.45) is 5.92 Å². The summed E-state index contributed by atoms with van der Waals surface area (Å²) in [6.45, 7) is 2.47. The fourth-order valence-corrected chi connectivity index (χ4v) is 3.59. The maximum atomic E-state index is 3.65. The van der Waals surface area contributed by atoms with Gasteiger partial charge in [-0.3, -0.25) is 0 Å². The molecule has 1 saturated carbocycles. The normalized spacial score (nSPS) is 25.2. The van der Waals surface area contributed by atoms with Crippen LogP contribution in [-0.4, -0.2) is 13.1 Å². The zero-order valence-electron chi connectivity index (χ0n) is 9.17. The molecule has 1 atom stereocenters. The SMILES string of the molecule is c1cc2c(s1)CCCC2CNCC1CC1. The predicted octanol–water partition coefficient (Wildman–Crippen LogP) is 3.17. The first kappa shape index (κ1) is 9.86. The lowest BCUT2D eigenvalue weighted by Crippen LogP contribution is -2.25. The first-order valence-corrected chi connectivity index (χ1v) is 7.08. The first-order valence-electron chi connectivity index (χ1n) is 6.20. The van der Waals surface area contributed by atoms with E-state index in [4.69, 9.17) is 0 Å². The third kappa shape index (κ3) is 2.26. The number of nitrogens with one attached hydrogen (secondary N) is 1. The molecule has 1 unspecified atom stereocenters. The van der Waals surface area contributed by atoms with Gasteiger partial charge in [-0.2, -0.15) is 0 Å². The second kappa shape index (κ2) is 4.26. The van der Waals surface area contributed by atoms with Gasteiger partial charge in [-0.05, 0) is 67.5 Å². The summed E-state index contributed by atoms with van der Waals surface area (Å²) in [5.74, 6) is 1.81. The van der Waals surface area contributed by atoms with E-state index in [2.05, 4.69) is 16.8 Å². The molecule has 1 nitrogen and oxygen atoms in total. The van der Waals surface area contributed by atoms with E-state index in [0.717, 1.165) is 11.8 Å². The molecule has 1 aromatic rings. The molecule has 1 N–H and O–H groups in total. The Morgan fingerprint density at radius 3 is 3.07 bits per heavy atom. The molecule has 0 amide bonds. The van der Waals surface area contributed by atoms with Crippen LogP contribution in [0.2, 0.25) is 0 Å². The number of hydrogen-bond acceptors (Lipinski definition) is 2. The minimum atomic E-state index is 0.804. The van der Waals surface area contributed by atoms with Gasteiger partial charge in [0, 0.05) is 11.4 Å². The molecule has 0 spiro atoms. The van der Waals surface area contributed by atoms with Crippen LogP contribution >= 0.6 is 11.3 Å². The van der Waals surface area contributed by atoms with E-state index in [0.29, 0.717) is 0 Å². The Bertz CT molecular complexity index is 327. The maximum Gasteiger partial charge on any atom is 0.00805 e. The van der Waals surface area contributed by atoms with Gasteiger partial charge >= 0.3 is 0 Å². The molecule has 1 fully saturated rings. The molecular formula is C13H19NS. The van der Waals surface area contributed by atoms with E-state index in [-0.39, 0.29) is 0 Å². The topological polar surface area (TPSA) is 12.0 Å². The summed E-state index contributed by atoms with van der Waals surface area (Å²) in [6, 6.07) is 2.35. The van der Waals surface area contributed by atoms with Crippen molar-refractivity contribution in [3.63, 3.8) is 0 Å². The standard InChI is InChI=1S/C13H19NS/c1-2-11(9-14-8-10-4-5-10)12-6-7-15-13(12)3-1/h6-7,10-11,14H,1-5,8-9H2. The van der Waals surface area contributed by atoms with E-state index in [1.807, 2.05) is 11.3 Å². The van der Waals surface area contributed by atoms with Gasteiger partial charge in [0.15, 0.2) is 0 Å². The molecule has 1 heterocycles. The van der Waals surface area contributed by atoms with Crippen LogP contribution in [0.1, 0.15) is 42.0 Å². The third-order valence-electron chi connectivity index (χ3n) is 3.70. The molecule has 3 rings (SSSR count). The van der Waals surface area contributed by atoms with Crippen LogP contribution in [0.5, 0.6) is 0 Å². The summed E-state index contributed by atoms with van der Waals surface area (Å²) < 4.78 is 0. The van der Waals surface area contributed by atoms with Crippen molar-refractivity contribution in [2.75, 3.05) is 13.1 Å². The second-order valence-electron chi connectivity index (χ2n) is 4.99. The molecule has 0 bridgehead atoms. The third-order valence-corrected chi connectivity index (χ3v) is 4.69. The number of fused-ring (bicyclic) bond motifs is 1. The lowest BCUT2D eigenvalue weighted by molar-refractivity contribution is 0.503. The minimum absolute atomic E-state index is 0.804. The number of thiophene rings is 1.